The van der Waals surface area contributed by atoms with Gasteiger partial charge in [0.15, 0.2) is 0 Å². The number of rotatable bonds is 3. The molecule has 23 heavy (non-hydrogen) atoms. The molecule has 0 radical (unpaired) electrons. The Morgan fingerprint density at radius 2 is 2.30 bits per heavy atom. The molecule has 0 aromatic heterocycles. The van der Waals surface area contributed by atoms with Crippen molar-refractivity contribution in [1.29, 1.82) is 5.26 Å². The minimum atomic E-state index is -0.751. The van der Waals surface area contributed by atoms with Crippen molar-refractivity contribution in [2.75, 3.05) is 13.3 Å². The van der Waals surface area contributed by atoms with Gasteiger partial charge in [0, 0.05) is 18.5 Å². The maximum atomic E-state index is 12.3. The second kappa shape index (κ2) is 5.84. The molecule has 1 aromatic carbocycles. The van der Waals surface area contributed by atoms with Crippen LogP contribution >= 0.6 is 0 Å². The molecular weight excluding hydrogens is 296 g/mol. The molecule has 0 unspecified atom stereocenters. The van der Waals surface area contributed by atoms with E-state index in [1.165, 1.54) is 0 Å². The highest BCUT2D eigenvalue weighted by molar-refractivity contribution is 5.79. The van der Waals surface area contributed by atoms with E-state index in [0.29, 0.717) is 24.3 Å². The minimum absolute atomic E-state index is 0.0421. The number of likely N-dealkylation sites (tertiary alicyclic amines) is 1. The number of fused-ring (bicyclic) bond motifs is 1. The summed E-state index contributed by atoms with van der Waals surface area (Å²) >= 11 is 0. The van der Waals surface area contributed by atoms with E-state index in [2.05, 4.69) is 6.07 Å². The normalized spacial score (nSPS) is 25.7. The molecule has 1 saturated heterocycles. The smallest absolute Gasteiger partial charge is 0.223 e. The summed E-state index contributed by atoms with van der Waals surface area (Å²) in [7, 11) is 0. The van der Waals surface area contributed by atoms with Crippen LogP contribution in [0.25, 0.3) is 0 Å². The highest BCUT2D eigenvalue weighted by Gasteiger charge is 2.48. The number of amides is 1. The van der Waals surface area contributed by atoms with Crippen LogP contribution in [-0.2, 0) is 9.53 Å². The second-order valence-electron chi connectivity index (χ2n) is 6.41. The summed E-state index contributed by atoms with van der Waals surface area (Å²) in [5.74, 6) is 0.671. The van der Waals surface area contributed by atoms with Gasteiger partial charge in [0.25, 0.3) is 0 Å². The lowest BCUT2D eigenvalue weighted by atomic mass is 9.85. The quantitative estimate of drug-likeness (QED) is 0.780. The summed E-state index contributed by atoms with van der Waals surface area (Å²) in [5, 5.41) is 20.3. The Morgan fingerprint density at radius 1 is 1.52 bits per heavy atom. The second-order valence-corrected chi connectivity index (χ2v) is 6.41. The van der Waals surface area contributed by atoms with Crippen LogP contribution in [0.1, 0.15) is 43.9 Å². The number of benzene rings is 1. The van der Waals surface area contributed by atoms with E-state index >= 15 is 0 Å². The molecular formula is C17H19N2O4-. The van der Waals surface area contributed by atoms with Gasteiger partial charge < -0.3 is 19.5 Å². The average Bonchev–Trinajstić information content (AvgIpc) is 2.93. The Morgan fingerprint density at radius 3 is 2.91 bits per heavy atom. The molecule has 2 atom stereocenters. The zero-order valence-electron chi connectivity index (χ0n) is 13.2. The number of carbonyl (C=O) groups is 1. The first kappa shape index (κ1) is 15.8. The number of nitriles is 1. The molecule has 2 heterocycles. The summed E-state index contributed by atoms with van der Waals surface area (Å²) in [6.45, 7) is 3.61. The van der Waals surface area contributed by atoms with Gasteiger partial charge in [0.05, 0.1) is 17.7 Å². The van der Waals surface area contributed by atoms with Crippen LogP contribution in [0.4, 0.5) is 0 Å². The van der Waals surface area contributed by atoms with Crippen LogP contribution in [0, 0.1) is 11.3 Å². The molecule has 1 amide bonds. The molecule has 1 fully saturated rings. The predicted octanol–water partition coefficient (Wildman–Crippen LogP) is 1.10. The van der Waals surface area contributed by atoms with E-state index in [4.69, 9.17) is 14.7 Å². The number of nitrogens with zero attached hydrogens (tertiary/aromatic N) is 2. The highest BCUT2D eigenvalue weighted by atomic mass is 16.6. The fourth-order valence-electron chi connectivity index (χ4n) is 3.49. The summed E-state index contributed by atoms with van der Waals surface area (Å²) in [6.07, 6.45) is 0.701. The van der Waals surface area contributed by atoms with Crippen molar-refractivity contribution in [1.82, 2.24) is 4.90 Å². The fourth-order valence-corrected chi connectivity index (χ4v) is 3.49. The van der Waals surface area contributed by atoms with Crippen molar-refractivity contribution in [3.63, 3.8) is 0 Å². The molecule has 122 valence electrons. The van der Waals surface area contributed by atoms with Crippen LogP contribution in [-0.4, -0.2) is 35.8 Å². The van der Waals surface area contributed by atoms with Gasteiger partial charge in [-0.05, 0) is 45.3 Å². The Hall–Kier alpha value is -2.10. The van der Waals surface area contributed by atoms with Crippen molar-refractivity contribution < 1.29 is 19.4 Å². The lowest BCUT2D eigenvalue weighted by molar-refractivity contribution is -0.444. The maximum absolute atomic E-state index is 12.3. The van der Waals surface area contributed by atoms with Crippen LogP contribution in [0.5, 0.6) is 5.75 Å². The molecule has 0 spiro atoms. The van der Waals surface area contributed by atoms with Crippen molar-refractivity contribution in [2.45, 2.75) is 44.4 Å². The lowest BCUT2D eigenvalue weighted by Crippen LogP contribution is -2.55. The van der Waals surface area contributed by atoms with Crippen molar-refractivity contribution >= 4 is 5.91 Å². The largest absolute Gasteiger partial charge is 0.834 e. The summed E-state index contributed by atoms with van der Waals surface area (Å²) < 4.78 is 11.4. The van der Waals surface area contributed by atoms with Gasteiger partial charge in [0.2, 0.25) is 5.91 Å². The minimum Gasteiger partial charge on any atom is -0.834 e. The first-order valence-corrected chi connectivity index (χ1v) is 7.70. The van der Waals surface area contributed by atoms with Gasteiger partial charge in [-0.1, -0.05) is 0 Å². The molecule has 0 bridgehead atoms. The SMILES string of the molecule is CC1(C)Oc2ccc(C#N)cc2[C@H](N2CCCC2=O)[C@H]1OC[O-]. The first-order valence-electron chi connectivity index (χ1n) is 7.70. The molecule has 1 aromatic rings. The van der Waals surface area contributed by atoms with Gasteiger partial charge in [0.1, 0.15) is 17.5 Å². The zero-order chi connectivity index (χ0) is 16.6. The molecule has 3 rings (SSSR count). The van der Waals surface area contributed by atoms with Crippen molar-refractivity contribution in [2.24, 2.45) is 0 Å². The summed E-state index contributed by atoms with van der Waals surface area (Å²) in [4.78, 5) is 14.0. The Kier molecular flexibility index (Phi) is 4.00. The van der Waals surface area contributed by atoms with Gasteiger partial charge in [-0.2, -0.15) is 5.26 Å². The average molecular weight is 315 g/mol. The van der Waals surface area contributed by atoms with Crippen LogP contribution < -0.4 is 9.84 Å². The van der Waals surface area contributed by atoms with Crippen LogP contribution in [0.2, 0.25) is 0 Å². The van der Waals surface area contributed by atoms with Crippen LogP contribution in [0.3, 0.4) is 0 Å². The zero-order valence-corrected chi connectivity index (χ0v) is 13.2. The molecule has 6 heteroatoms. The molecule has 0 aliphatic carbocycles. The number of hydrogen-bond donors (Lipinski definition) is 0. The molecule has 0 N–H and O–H groups in total. The summed E-state index contributed by atoms with van der Waals surface area (Å²) in [6, 6.07) is 6.85. The van der Waals surface area contributed by atoms with E-state index in [1.54, 1.807) is 23.1 Å². The van der Waals surface area contributed by atoms with Gasteiger partial charge in [-0.25, -0.2) is 0 Å². The molecule has 0 saturated carbocycles. The Balaban J connectivity index is 2.13. The van der Waals surface area contributed by atoms with E-state index in [9.17, 15) is 9.90 Å². The van der Waals surface area contributed by atoms with E-state index in [1.807, 2.05) is 13.8 Å². The molecule has 2 aliphatic rings. The monoisotopic (exact) mass is 315 g/mol. The third kappa shape index (κ3) is 2.67. The van der Waals surface area contributed by atoms with Gasteiger partial charge >= 0.3 is 0 Å². The van der Waals surface area contributed by atoms with E-state index in [-0.39, 0.29) is 5.91 Å². The van der Waals surface area contributed by atoms with Crippen molar-refractivity contribution in [3.05, 3.63) is 29.3 Å². The number of hydrogen-bond acceptors (Lipinski definition) is 5. The fraction of sp³-hybridized carbons (Fsp3) is 0.529. The molecule has 2 aliphatic heterocycles. The Bertz CT molecular complexity index is 665. The van der Waals surface area contributed by atoms with Crippen molar-refractivity contribution in [3.8, 4) is 11.8 Å². The number of carbonyl (C=O) groups excluding carboxylic acids is 1. The third-order valence-electron chi connectivity index (χ3n) is 4.50. The first-order chi connectivity index (χ1) is 11.0. The summed E-state index contributed by atoms with van der Waals surface area (Å²) in [5.41, 5.74) is 0.473. The van der Waals surface area contributed by atoms with E-state index < -0.39 is 24.5 Å². The Labute approximate surface area is 135 Å². The van der Waals surface area contributed by atoms with Gasteiger partial charge in [-0.15, -0.1) is 0 Å². The topological polar surface area (TPSA) is 85.6 Å². The van der Waals surface area contributed by atoms with Gasteiger partial charge in [-0.3, -0.25) is 4.79 Å². The highest BCUT2D eigenvalue weighted by Crippen LogP contribution is 2.45. The molecule has 6 nitrogen and oxygen atoms in total. The third-order valence-corrected chi connectivity index (χ3v) is 4.50. The van der Waals surface area contributed by atoms with Crippen LogP contribution in [0.15, 0.2) is 18.2 Å². The lowest BCUT2D eigenvalue weighted by Gasteiger charge is -2.48. The predicted molar refractivity (Wildman–Crippen MR) is 79.3 cm³/mol. The van der Waals surface area contributed by atoms with E-state index in [0.717, 1.165) is 12.0 Å². The number of ether oxygens (including phenoxy) is 2. The standard InChI is InChI=1S/C17H19N2O4/c1-17(2)16(22-10-20)15(19-7-3-4-14(19)21)12-8-11(9-18)5-6-13(12)23-17/h5-6,8,15-16H,3-4,7,10H2,1-2H3/q-1/t15-,16+/m0/s1. The maximum Gasteiger partial charge on any atom is 0.223 e.